The summed E-state index contributed by atoms with van der Waals surface area (Å²) in [6.45, 7) is 4.56. The summed E-state index contributed by atoms with van der Waals surface area (Å²) in [5, 5.41) is 2.70. The van der Waals surface area contributed by atoms with Gasteiger partial charge in [-0.25, -0.2) is 14.6 Å². The third-order valence-corrected chi connectivity index (χ3v) is 1.88. The van der Waals surface area contributed by atoms with E-state index < -0.39 is 11.6 Å². The Labute approximate surface area is 98.9 Å². The highest BCUT2D eigenvalue weighted by Gasteiger charge is 2.03. The van der Waals surface area contributed by atoms with Gasteiger partial charge in [0.25, 0.3) is 0 Å². The van der Waals surface area contributed by atoms with Gasteiger partial charge in [0.15, 0.2) is 0 Å². The van der Waals surface area contributed by atoms with Crippen molar-refractivity contribution in [1.29, 1.82) is 0 Å². The van der Waals surface area contributed by atoms with Gasteiger partial charge >= 0.3 is 0 Å². The number of aliphatic imine (C=N–C) groups is 1. The zero-order valence-corrected chi connectivity index (χ0v) is 9.80. The van der Waals surface area contributed by atoms with Crippen molar-refractivity contribution in [3.63, 3.8) is 0 Å². The van der Waals surface area contributed by atoms with Crippen LogP contribution in [-0.2, 0) is 0 Å². The fraction of sp³-hybridized carbons (Fsp3) is 0.364. The lowest BCUT2D eigenvalue weighted by atomic mass is 10.2. The van der Waals surface area contributed by atoms with Crippen molar-refractivity contribution in [1.82, 2.24) is 5.43 Å². The minimum Gasteiger partial charge on any atom is -0.325 e. The molecule has 0 saturated heterocycles. The van der Waals surface area contributed by atoms with Gasteiger partial charge in [-0.3, -0.25) is 10.4 Å². The van der Waals surface area contributed by atoms with Gasteiger partial charge in [-0.05, 0) is 18.1 Å². The molecule has 0 heterocycles. The number of nitrogens with two attached hydrogens (primary N) is 1. The Kier molecular flexibility index (Phi) is 4.84. The van der Waals surface area contributed by atoms with Crippen LogP contribution in [-0.4, -0.2) is 12.5 Å². The van der Waals surface area contributed by atoms with Crippen molar-refractivity contribution in [3.8, 4) is 0 Å². The van der Waals surface area contributed by atoms with E-state index in [1.54, 1.807) is 0 Å². The van der Waals surface area contributed by atoms with Gasteiger partial charge in [0, 0.05) is 18.3 Å². The minimum atomic E-state index is -0.660. The zero-order chi connectivity index (χ0) is 12.8. The summed E-state index contributed by atoms with van der Waals surface area (Å²) in [6, 6.07) is 3.11. The molecule has 0 unspecified atom stereocenters. The summed E-state index contributed by atoms with van der Waals surface area (Å²) < 4.78 is 25.8. The van der Waals surface area contributed by atoms with Crippen molar-refractivity contribution in [2.75, 3.05) is 11.9 Å². The monoisotopic (exact) mass is 242 g/mol. The summed E-state index contributed by atoms with van der Waals surface area (Å²) in [6.07, 6.45) is 0. The Morgan fingerprint density at radius 2 is 1.88 bits per heavy atom. The van der Waals surface area contributed by atoms with Gasteiger partial charge in [-0.2, -0.15) is 0 Å². The molecule has 17 heavy (non-hydrogen) atoms. The maximum atomic E-state index is 12.9. The predicted molar refractivity (Wildman–Crippen MR) is 64.4 cm³/mol. The number of nitrogens with zero attached hydrogens (tertiary/aromatic N) is 1. The number of anilines is 1. The van der Waals surface area contributed by atoms with Crippen LogP contribution in [0.15, 0.2) is 23.2 Å². The topological polar surface area (TPSA) is 62.4 Å². The molecule has 6 heteroatoms. The molecule has 1 aromatic carbocycles. The predicted octanol–water partition coefficient (Wildman–Crippen LogP) is 1.85. The molecule has 0 aliphatic rings. The van der Waals surface area contributed by atoms with E-state index in [2.05, 4.69) is 15.7 Å². The highest BCUT2D eigenvalue weighted by Crippen LogP contribution is 2.12. The Hall–Kier alpha value is -1.69. The second-order valence-electron chi connectivity index (χ2n) is 4.01. The fourth-order valence-electron chi connectivity index (χ4n) is 1.16. The molecule has 1 aromatic rings. The molecule has 0 aromatic heterocycles. The van der Waals surface area contributed by atoms with Crippen LogP contribution in [0, 0.1) is 17.6 Å². The average Bonchev–Trinajstić information content (AvgIpc) is 2.22. The van der Waals surface area contributed by atoms with Crippen LogP contribution in [0.2, 0.25) is 0 Å². The van der Waals surface area contributed by atoms with Crippen molar-refractivity contribution < 1.29 is 8.78 Å². The van der Waals surface area contributed by atoms with Gasteiger partial charge < -0.3 is 5.32 Å². The number of benzene rings is 1. The summed E-state index contributed by atoms with van der Waals surface area (Å²) in [4.78, 5) is 4.12. The van der Waals surface area contributed by atoms with E-state index >= 15 is 0 Å². The van der Waals surface area contributed by atoms with E-state index in [9.17, 15) is 8.78 Å². The fourth-order valence-corrected chi connectivity index (χ4v) is 1.16. The molecule has 0 spiro atoms. The van der Waals surface area contributed by atoms with Crippen LogP contribution >= 0.6 is 0 Å². The zero-order valence-electron chi connectivity index (χ0n) is 9.80. The van der Waals surface area contributed by atoms with Gasteiger partial charge in [-0.15, -0.1) is 0 Å². The third kappa shape index (κ3) is 4.78. The molecule has 0 radical (unpaired) electrons. The van der Waals surface area contributed by atoms with Crippen molar-refractivity contribution in [2.24, 2.45) is 16.8 Å². The number of halogens is 2. The first-order valence-corrected chi connectivity index (χ1v) is 5.25. The molecule has 4 N–H and O–H groups in total. The molecule has 4 nitrogen and oxygen atoms in total. The smallest absolute Gasteiger partial charge is 0.210 e. The number of hydrogen-bond acceptors (Lipinski definition) is 2. The molecule has 0 amide bonds. The largest absolute Gasteiger partial charge is 0.325 e. The van der Waals surface area contributed by atoms with Crippen LogP contribution in [0.25, 0.3) is 0 Å². The van der Waals surface area contributed by atoms with E-state index in [4.69, 9.17) is 5.84 Å². The molecule has 94 valence electrons. The second kappa shape index (κ2) is 6.15. The Balaban J connectivity index is 2.76. The molecule has 1 rings (SSSR count). The molecule has 0 atom stereocenters. The maximum absolute atomic E-state index is 12.9. The van der Waals surface area contributed by atoms with Crippen LogP contribution in [0.4, 0.5) is 14.5 Å². The lowest BCUT2D eigenvalue weighted by Crippen LogP contribution is -2.36. The van der Waals surface area contributed by atoms with E-state index in [1.165, 1.54) is 0 Å². The Morgan fingerprint density at radius 3 is 2.35 bits per heavy atom. The van der Waals surface area contributed by atoms with Crippen molar-refractivity contribution in [2.45, 2.75) is 13.8 Å². The number of hydrazine groups is 1. The molecule has 0 aliphatic carbocycles. The first-order chi connectivity index (χ1) is 8.01. The van der Waals surface area contributed by atoms with Crippen LogP contribution in [0.3, 0.4) is 0 Å². The molecule has 0 aliphatic heterocycles. The first-order valence-electron chi connectivity index (χ1n) is 5.25. The first kappa shape index (κ1) is 13.4. The standard InChI is InChI=1S/C11H16F2N4/c1-7(2)6-15-11(17-14)16-10-4-8(12)3-9(13)5-10/h3-5,7H,6,14H2,1-2H3,(H2,15,16,17). The Morgan fingerprint density at radius 1 is 1.29 bits per heavy atom. The van der Waals surface area contributed by atoms with Crippen LogP contribution in [0.5, 0.6) is 0 Å². The average molecular weight is 242 g/mol. The number of nitrogens with one attached hydrogen (secondary N) is 2. The third-order valence-electron chi connectivity index (χ3n) is 1.88. The highest BCUT2D eigenvalue weighted by molar-refractivity contribution is 5.93. The Bertz CT molecular complexity index is 384. The van der Waals surface area contributed by atoms with E-state index in [-0.39, 0.29) is 11.6 Å². The summed E-state index contributed by atoms with van der Waals surface area (Å²) >= 11 is 0. The number of hydrogen-bond donors (Lipinski definition) is 3. The van der Waals surface area contributed by atoms with Gasteiger partial charge in [-0.1, -0.05) is 13.8 Å². The minimum absolute atomic E-state index is 0.253. The quantitative estimate of drug-likeness (QED) is 0.328. The number of rotatable bonds is 3. The maximum Gasteiger partial charge on any atom is 0.210 e. The van der Waals surface area contributed by atoms with E-state index in [0.717, 1.165) is 18.2 Å². The van der Waals surface area contributed by atoms with Gasteiger partial charge in [0.2, 0.25) is 5.96 Å². The second-order valence-corrected chi connectivity index (χ2v) is 4.01. The summed E-state index contributed by atoms with van der Waals surface area (Å²) in [5.74, 6) is 4.57. The SMILES string of the molecule is CC(C)CN=C(NN)Nc1cc(F)cc(F)c1. The van der Waals surface area contributed by atoms with E-state index in [0.29, 0.717) is 12.5 Å². The molecule has 0 bridgehead atoms. The highest BCUT2D eigenvalue weighted by atomic mass is 19.1. The molecular formula is C11H16F2N4. The normalized spacial score (nSPS) is 11.8. The number of guanidine groups is 1. The van der Waals surface area contributed by atoms with Crippen molar-refractivity contribution in [3.05, 3.63) is 29.8 Å². The lowest BCUT2D eigenvalue weighted by Gasteiger charge is -2.10. The summed E-state index contributed by atoms with van der Waals surface area (Å²) in [5.41, 5.74) is 2.59. The van der Waals surface area contributed by atoms with Crippen LogP contribution in [0.1, 0.15) is 13.8 Å². The lowest BCUT2D eigenvalue weighted by molar-refractivity contribution is 0.584. The van der Waals surface area contributed by atoms with Crippen LogP contribution < -0.4 is 16.6 Å². The van der Waals surface area contributed by atoms with Gasteiger partial charge in [0.1, 0.15) is 11.6 Å². The molecule has 0 fully saturated rings. The molecule has 0 saturated carbocycles. The summed E-state index contributed by atoms with van der Waals surface area (Å²) in [7, 11) is 0. The van der Waals surface area contributed by atoms with E-state index in [1.807, 2.05) is 13.8 Å². The van der Waals surface area contributed by atoms with Gasteiger partial charge in [0.05, 0.1) is 0 Å². The molecular weight excluding hydrogens is 226 g/mol. The van der Waals surface area contributed by atoms with Crippen molar-refractivity contribution >= 4 is 11.6 Å².